The molecule has 0 radical (unpaired) electrons. The standard InChI is InChI=1S/C31H37F2N5O5S.ClH/c1-3-4-5-23-18-22(35-31(40)36-27-15-14-26(32)28(29(27)33)30(34)39)16-17-38(23)19-20-6-10-24(11-7-20)43-25-12-8-21(9-13-25)37-44(2,41)42;/h6-15,22-23,37H,3-5,16-19H2,1-2H3,(H2,34,39)(H2,35,36,40);1H. The molecule has 5 N–H and O–H groups in total. The molecule has 3 aromatic carbocycles. The van der Waals surface area contributed by atoms with E-state index < -0.39 is 39.2 Å². The van der Waals surface area contributed by atoms with Crippen LogP contribution >= 0.6 is 12.4 Å². The SMILES string of the molecule is CCCCC1CC(NC(=O)Nc2ccc(F)c(C(N)=O)c2F)CCN1Cc1ccc(Oc2ccc(NS(C)(=O)=O)cc2)cc1.Cl. The number of piperidine rings is 1. The van der Waals surface area contributed by atoms with Gasteiger partial charge in [-0.2, -0.15) is 0 Å². The summed E-state index contributed by atoms with van der Waals surface area (Å²) >= 11 is 0. The Hall–Kier alpha value is -3.94. The molecule has 1 heterocycles. The fraction of sp³-hybridized carbons (Fsp3) is 0.355. The number of amides is 3. The first-order chi connectivity index (χ1) is 20.9. The summed E-state index contributed by atoms with van der Waals surface area (Å²) in [5.41, 5.74) is 5.40. The van der Waals surface area contributed by atoms with Crippen LogP contribution in [0.3, 0.4) is 0 Å². The molecule has 1 saturated heterocycles. The number of halogens is 3. The predicted molar refractivity (Wildman–Crippen MR) is 172 cm³/mol. The second kappa shape index (κ2) is 15.9. The molecule has 0 aliphatic carbocycles. The summed E-state index contributed by atoms with van der Waals surface area (Å²) < 4.78 is 59.5. The summed E-state index contributed by atoms with van der Waals surface area (Å²) in [5, 5.41) is 5.26. The third-order valence-corrected chi connectivity index (χ3v) is 7.96. The first kappa shape index (κ1) is 35.5. The highest BCUT2D eigenvalue weighted by Gasteiger charge is 2.29. The van der Waals surface area contributed by atoms with Crippen molar-refractivity contribution in [2.45, 2.75) is 57.7 Å². The number of nitrogens with one attached hydrogen (secondary N) is 3. The lowest BCUT2D eigenvalue weighted by Gasteiger charge is -2.40. The topological polar surface area (TPSA) is 143 Å². The van der Waals surface area contributed by atoms with Crippen LogP contribution in [0.2, 0.25) is 0 Å². The van der Waals surface area contributed by atoms with Crippen LogP contribution in [0.5, 0.6) is 11.5 Å². The number of hydrogen-bond donors (Lipinski definition) is 4. The Morgan fingerprint density at radius 1 is 1.02 bits per heavy atom. The molecule has 14 heteroatoms. The molecule has 0 bridgehead atoms. The van der Waals surface area contributed by atoms with Crippen LogP contribution < -0.4 is 25.8 Å². The zero-order valence-electron chi connectivity index (χ0n) is 25.0. The molecule has 10 nitrogen and oxygen atoms in total. The zero-order valence-corrected chi connectivity index (χ0v) is 26.6. The molecular formula is C31H38ClF2N5O5S. The molecule has 2 atom stereocenters. The second-order valence-corrected chi connectivity index (χ2v) is 12.6. The molecule has 2 unspecified atom stereocenters. The average Bonchev–Trinajstić information content (AvgIpc) is 2.95. The van der Waals surface area contributed by atoms with Gasteiger partial charge in [-0.15, -0.1) is 12.4 Å². The monoisotopic (exact) mass is 665 g/mol. The van der Waals surface area contributed by atoms with Crippen LogP contribution in [-0.4, -0.2) is 50.1 Å². The van der Waals surface area contributed by atoms with Gasteiger partial charge in [0, 0.05) is 30.9 Å². The van der Waals surface area contributed by atoms with Crippen LogP contribution in [0, 0.1) is 11.6 Å². The van der Waals surface area contributed by atoms with Gasteiger partial charge in [-0.3, -0.25) is 14.4 Å². The maximum atomic E-state index is 14.6. The van der Waals surface area contributed by atoms with Gasteiger partial charge in [0.1, 0.15) is 22.9 Å². The minimum Gasteiger partial charge on any atom is -0.457 e. The number of nitrogens with zero attached hydrogens (tertiary/aromatic N) is 1. The van der Waals surface area contributed by atoms with E-state index in [2.05, 4.69) is 27.2 Å². The summed E-state index contributed by atoms with van der Waals surface area (Å²) in [5.74, 6) is -2.33. The quantitative estimate of drug-likeness (QED) is 0.187. The Labute approximate surface area is 268 Å². The molecule has 3 aromatic rings. The molecule has 0 saturated carbocycles. The molecule has 1 aliphatic rings. The van der Waals surface area contributed by atoms with Gasteiger partial charge in [-0.1, -0.05) is 31.9 Å². The van der Waals surface area contributed by atoms with Crippen LogP contribution in [0.25, 0.3) is 0 Å². The smallest absolute Gasteiger partial charge is 0.319 e. The van der Waals surface area contributed by atoms with Crippen molar-refractivity contribution < 1.29 is 31.5 Å². The Morgan fingerprint density at radius 3 is 2.27 bits per heavy atom. The summed E-state index contributed by atoms with van der Waals surface area (Å²) in [6.07, 6.45) is 5.50. The van der Waals surface area contributed by atoms with E-state index in [9.17, 15) is 26.8 Å². The van der Waals surface area contributed by atoms with Crippen molar-refractivity contribution in [2.24, 2.45) is 5.73 Å². The van der Waals surface area contributed by atoms with Crippen LogP contribution in [-0.2, 0) is 16.6 Å². The summed E-state index contributed by atoms with van der Waals surface area (Å²) in [6, 6.07) is 15.8. The van der Waals surface area contributed by atoms with Gasteiger partial charge >= 0.3 is 6.03 Å². The highest BCUT2D eigenvalue weighted by atomic mass is 35.5. The Kier molecular flexibility index (Phi) is 12.5. The van der Waals surface area contributed by atoms with Crippen molar-refractivity contribution in [3.63, 3.8) is 0 Å². The van der Waals surface area contributed by atoms with E-state index >= 15 is 0 Å². The molecule has 45 heavy (non-hydrogen) atoms. The van der Waals surface area contributed by atoms with Gasteiger partial charge in [-0.05, 0) is 73.4 Å². The van der Waals surface area contributed by atoms with Crippen LogP contribution in [0.15, 0.2) is 60.7 Å². The third-order valence-electron chi connectivity index (χ3n) is 7.35. The van der Waals surface area contributed by atoms with Crippen molar-refractivity contribution in [3.8, 4) is 11.5 Å². The maximum absolute atomic E-state index is 14.6. The Balaban J connectivity index is 0.00000552. The Bertz CT molecular complexity index is 1580. The summed E-state index contributed by atoms with van der Waals surface area (Å²) in [6.45, 7) is 3.58. The number of benzene rings is 3. The lowest BCUT2D eigenvalue weighted by Crippen LogP contribution is -2.50. The van der Waals surface area contributed by atoms with E-state index in [-0.39, 0.29) is 30.2 Å². The molecule has 0 aromatic heterocycles. The van der Waals surface area contributed by atoms with Crippen molar-refractivity contribution in [1.82, 2.24) is 10.2 Å². The van der Waals surface area contributed by atoms with Crippen LogP contribution in [0.1, 0.15) is 54.9 Å². The molecule has 4 rings (SSSR count). The van der Waals surface area contributed by atoms with Crippen molar-refractivity contribution in [3.05, 3.63) is 83.4 Å². The highest BCUT2D eigenvalue weighted by molar-refractivity contribution is 7.92. The number of sulfonamides is 1. The number of hydrogen-bond acceptors (Lipinski definition) is 6. The normalized spacial score (nSPS) is 16.7. The van der Waals surface area contributed by atoms with Gasteiger partial charge in [0.2, 0.25) is 10.0 Å². The number of likely N-dealkylation sites (tertiary alicyclic amines) is 1. The van der Waals surface area contributed by atoms with E-state index in [0.717, 1.165) is 56.3 Å². The maximum Gasteiger partial charge on any atom is 0.319 e. The number of nitrogens with two attached hydrogens (primary N) is 1. The fourth-order valence-corrected chi connectivity index (χ4v) is 5.80. The minimum absolute atomic E-state index is 0. The number of carbonyl (C=O) groups is 2. The van der Waals surface area contributed by atoms with Gasteiger partial charge < -0.3 is 21.1 Å². The number of anilines is 2. The Morgan fingerprint density at radius 2 is 1.67 bits per heavy atom. The average molecular weight is 666 g/mol. The first-order valence-electron chi connectivity index (χ1n) is 14.4. The number of rotatable bonds is 12. The number of unbranched alkanes of at least 4 members (excludes halogenated alkanes) is 1. The van der Waals surface area contributed by atoms with Gasteiger partial charge in [0.05, 0.1) is 11.9 Å². The number of primary amides is 1. The second-order valence-electron chi connectivity index (χ2n) is 10.9. The lowest BCUT2D eigenvalue weighted by atomic mass is 9.93. The lowest BCUT2D eigenvalue weighted by molar-refractivity contribution is 0.0992. The first-order valence-corrected chi connectivity index (χ1v) is 16.2. The minimum atomic E-state index is -3.35. The fourth-order valence-electron chi connectivity index (χ4n) is 5.24. The molecule has 244 valence electrons. The molecule has 3 amide bonds. The zero-order chi connectivity index (χ0) is 31.9. The number of ether oxygens (including phenoxy) is 1. The van der Waals surface area contributed by atoms with Gasteiger partial charge in [-0.25, -0.2) is 22.0 Å². The summed E-state index contributed by atoms with van der Waals surface area (Å²) in [7, 11) is -3.35. The summed E-state index contributed by atoms with van der Waals surface area (Å²) in [4.78, 5) is 26.5. The van der Waals surface area contributed by atoms with E-state index in [1.807, 2.05) is 24.3 Å². The van der Waals surface area contributed by atoms with Crippen LogP contribution in [0.4, 0.5) is 25.0 Å². The van der Waals surface area contributed by atoms with E-state index in [1.54, 1.807) is 24.3 Å². The molecular weight excluding hydrogens is 628 g/mol. The van der Waals surface area contributed by atoms with Gasteiger partial charge in [0.25, 0.3) is 5.91 Å². The highest BCUT2D eigenvalue weighted by Crippen LogP contribution is 2.27. The van der Waals surface area contributed by atoms with E-state index in [1.165, 1.54) is 0 Å². The largest absolute Gasteiger partial charge is 0.457 e. The molecule has 0 spiro atoms. The van der Waals surface area contributed by atoms with E-state index in [0.29, 0.717) is 30.0 Å². The van der Waals surface area contributed by atoms with Crippen molar-refractivity contribution in [1.29, 1.82) is 0 Å². The predicted octanol–water partition coefficient (Wildman–Crippen LogP) is 5.99. The van der Waals surface area contributed by atoms with E-state index in [4.69, 9.17) is 10.5 Å². The van der Waals surface area contributed by atoms with Gasteiger partial charge in [0.15, 0.2) is 5.82 Å². The molecule has 1 aliphatic heterocycles. The van der Waals surface area contributed by atoms with Crippen molar-refractivity contribution >= 4 is 45.7 Å². The number of carbonyl (C=O) groups excluding carboxylic acids is 2. The molecule has 1 fully saturated rings. The van der Waals surface area contributed by atoms with Crippen molar-refractivity contribution in [2.75, 3.05) is 22.8 Å². The third kappa shape index (κ3) is 10.3. The number of urea groups is 1.